The van der Waals surface area contributed by atoms with Crippen LogP contribution in [-0.2, 0) is 25.9 Å². The number of carbonyl (C=O) groups is 2. The van der Waals surface area contributed by atoms with Crippen molar-refractivity contribution in [3.63, 3.8) is 0 Å². The molecule has 9 rings (SSSR count). The fourth-order valence-corrected chi connectivity index (χ4v) is 9.60. The lowest BCUT2D eigenvalue weighted by Crippen LogP contribution is -2.53. The van der Waals surface area contributed by atoms with Crippen molar-refractivity contribution < 1.29 is 14.7 Å². The van der Waals surface area contributed by atoms with E-state index in [1.165, 1.54) is 0 Å². The Bertz CT molecular complexity index is 2510. The Morgan fingerprint density at radius 2 is 1.58 bits per heavy atom. The van der Waals surface area contributed by atoms with E-state index in [1.807, 2.05) is 48.5 Å². The molecular weight excluding hydrogens is 815 g/mol. The number of fused-ring (bicyclic) bond motifs is 3. The van der Waals surface area contributed by atoms with E-state index in [0.29, 0.717) is 29.8 Å². The van der Waals surface area contributed by atoms with Gasteiger partial charge in [-0.15, -0.1) is 24.8 Å². The molecule has 1 saturated heterocycles. The van der Waals surface area contributed by atoms with E-state index < -0.39 is 0 Å². The minimum atomic E-state index is -0.148. The van der Waals surface area contributed by atoms with Gasteiger partial charge in [-0.3, -0.25) is 19.4 Å². The Labute approximate surface area is 369 Å². The van der Waals surface area contributed by atoms with Crippen LogP contribution in [0.1, 0.15) is 70.3 Å². The Hall–Kier alpha value is -4.77. The third-order valence-corrected chi connectivity index (χ3v) is 12.9. The molecule has 9 nitrogen and oxygen atoms in total. The van der Waals surface area contributed by atoms with Gasteiger partial charge in [-0.1, -0.05) is 48.0 Å². The van der Waals surface area contributed by atoms with Crippen molar-refractivity contribution >= 4 is 70.5 Å². The van der Waals surface area contributed by atoms with Gasteiger partial charge in [-0.05, 0) is 124 Å². The molecule has 2 aromatic heterocycles. The van der Waals surface area contributed by atoms with Gasteiger partial charge in [-0.2, -0.15) is 0 Å². The number of aromatic nitrogens is 2. The Balaban J connectivity index is 0.00000272. The molecule has 2 amide bonds. The molecule has 0 radical (unpaired) electrons. The van der Waals surface area contributed by atoms with Crippen LogP contribution in [-0.4, -0.2) is 86.6 Å². The van der Waals surface area contributed by atoms with Crippen molar-refractivity contribution in [3.8, 4) is 17.0 Å². The average Bonchev–Trinajstić information content (AvgIpc) is 3.85. The SMILES string of the molecule is CC(C)n1ccc2ccc(N(C(=O)c3cc(-c4ccccc4C(=O)N4Cc5cccc(Cl)c5C[C@H]4CN4CCN(C)CC4)n4c3CCCC4)c3ccc(O)cc3)cc21.Cl.Cl. The first-order valence-corrected chi connectivity index (χ1v) is 21.1. The summed E-state index contributed by atoms with van der Waals surface area (Å²) in [5.41, 5.74) is 8.64. The van der Waals surface area contributed by atoms with E-state index in [0.717, 1.165) is 108 Å². The summed E-state index contributed by atoms with van der Waals surface area (Å²) in [5, 5.41) is 12.1. The summed E-state index contributed by atoms with van der Waals surface area (Å²) in [4.78, 5) is 39.1. The quantitative estimate of drug-likeness (QED) is 0.165. The van der Waals surface area contributed by atoms with Gasteiger partial charge in [0.1, 0.15) is 5.75 Å². The zero-order chi connectivity index (χ0) is 40.1. The number of likely N-dealkylation sites (N-methyl/N-ethyl adjacent to an activating group) is 1. The van der Waals surface area contributed by atoms with Crippen LogP contribution >= 0.6 is 36.4 Å². The fraction of sp³-hybridized carbons (Fsp3) is 0.333. The standard InChI is InChI=1S/C48H51ClN6O3.2ClH/c1-32(2)52-22-20-33-14-15-36(28-45(33)52)55(35-16-18-38(56)19-17-35)48(58)42-29-46(53-21-7-6-13-44(42)53)39-10-4-5-11-40(39)47(57)54-30-34-9-8-12-43(49)41(34)27-37(54)31-51-25-23-50(3)24-26-51;;/h4-5,8-12,14-20,22,28-29,32,37,56H,6-7,13,21,23-27,30-31H2,1-3H3;2*1H/t37-;;/m0../s1. The maximum absolute atomic E-state index is 15.3. The highest BCUT2D eigenvalue weighted by atomic mass is 35.5. The van der Waals surface area contributed by atoms with E-state index in [-0.39, 0.29) is 54.5 Å². The summed E-state index contributed by atoms with van der Waals surface area (Å²) in [5.74, 6) is -0.0203. The van der Waals surface area contributed by atoms with E-state index in [2.05, 4.69) is 75.2 Å². The molecule has 1 N–H and O–H groups in total. The predicted octanol–water partition coefficient (Wildman–Crippen LogP) is 10.0. The number of piperazine rings is 1. The molecule has 0 aliphatic carbocycles. The highest BCUT2D eigenvalue weighted by Crippen LogP contribution is 2.39. The summed E-state index contributed by atoms with van der Waals surface area (Å²) >= 11 is 6.79. The number of benzene rings is 4. The highest BCUT2D eigenvalue weighted by molar-refractivity contribution is 6.31. The topological polar surface area (TPSA) is 77.2 Å². The molecule has 314 valence electrons. The van der Waals surface area contributed by atoms with E-state index in [1.54, 1.807) is 29.2 Å². The minimum absolute atomic E-state index is 0. The number of hydrogen-bond acceptors (Lipinski definition) is 5. The smallest absolute Gasteiger partial charge is 0.264 e. The van der Waals surface area contributed by atoms with Crippen molar-refractivity contribution in [2.75, 3.05) is 44.7 Å². The number of halogens is 3. The largest absolute Gasteiger partial charge is 0.508 e. The van der Waals surface area contributed by atoms with E-state index >= 15 is 9.59 Å². The lowest BCUT2D eigenvalue weighted by atomic mass is 9.92. The molecule has 0 bridgehead atoms. The number of aromatic hydroxyl groups is 1. The maximum atomic E-state index is 15.3. The Morgan fingerprint density at radius 3 is 2.35 bits per heavy atom. The monoisotopic (exact) mass is 866 g/mol. The first-order valence-electron chi connectivity index (χ1n) is 20.7. The second-order valence-electron chi connectivity index (χ2n) is 16.5. The van der Waals surface area contributed by atoms with Gasteiger partial charge in [0, 0.05) is 97.3 Å². The average molecular weight is 868 g/mol. The summed E-state index contributed by atoms with van der Waals surface area (Å²) in [7, 11) is 2.16. The van der Waals surface area contributed by atoms with Crippen molar-refractivity contribution in [3.05, 3.63) is 136 Å². The number of amides is 2. The van der Waals surface area contributed by atoms with E-state index in [9.17, 15) is 5.11 Å². The number of anilines is 2. The van der Waals surface area contributed by atoms with Gasteiger partial charge < -0.3 is 24.0 Å². The Kier molecular flexibility index (Phi) is 13.0. The third kappa shape index (κ3) is 8.18. The van der Waals surface area contributed by atoms with Crippen molar-refractivity contribution in [1.82, 2.24) is 23.8 Å². The van der Waals surface area contributed by atoms with Crippen molar-refractivity contribution in [2.24, 2.45) is 0 Å². The van der Waals surface area contributed by atoms with Crippen LogP contribution in [0.5, 0.6) is 5.75 Å². The van der Waals surface area contributed by atoms with Gasteiger partial charge in [0.15, 0.2) is 0 Å². The molecule has 6 aromatic rings. The highest BCUT2D eigenvalue weighted by Gasteiger charge is 2.35. The van der Waals surface area contributed by atoms with Gasteiger partial charge >= 0.3 is 0 Å². The van der Waals surface area contributed by atoms with Crippen molar-refractivity contribution in [2.45, 2.75) is 64.7 Å². The van der Waals surface area contributed by atoms with Crippen LogP contribution in [0.4, 0.5) is 11.4 Å². The van der Waals surface area contributed by atoms with Gasteiger partial charge in [0.25, 0.3) is 11.8 Å². The third-order valence-electron chi connectivity index (χ3n) is 12.5. The van der Waals surface area contributed by atoms with Crippen molar-refractivity contribution in [1.29, 1.82) is 0 Å². The zero-order valence-corrected chi connectivity index (χ0v) is 36.8. The predicted molar refractivity (Wildman–Crippen MR) is 247 cm³/mol. The number of carbonyl (C=O) groups excluding carboxylic acids is 2. The number of phenolic OH excluding ortho intramolecular Hbond substituents is 1. The van der Waals surface area contributed by atoms with Gasteiger partial charge in [0.05, 0.1) is 16.8 Å². The molecule has 60 heavy (non-hydrogen) atoms. The lowest BCUT2D eigenvalue weighted by molar-refractivity contribution is 0.0536. The second kappa shape index (κ2) is 18.1. The number of rotatable bonds is 8. The number of nitrogens with zero attached hydrogens (tertiary/aromatic N) is 6. The van der Waals surface area contributed by atoms with Crippen LogP contribution in [0.25, 0.3) is 22.2 Å². The van der Waals surface area contributed by atoms with Crippen LogP contribution in [0.15, 0.2) is 103 Å². The normalized spacial score (nSPS) is 16.8. The number of hydrogen-bond donors (Lipinski definition) is 1. The lowest BCUT2D eigenvalue weighted by Gasteiger charge is -2.42. The first kappa shape index (κ1) is 43.3. The van der Waals surface area contributed by atoms with Gasteiger partial charge in [0.2, 0.25) is 0 Å². The van der Waals surface area contributed by atoms with Crippen LogP contribution < -0.4 is 4.90 Å². The summed E-state index contributed by atoms with van der Waals surface area (Å²) in [6, 6.07) is 31.3. The Morgan fingerprint density at radius 1 is 0.833 bits per heavy atom. The molecule has 1 atom stereocenters. The molecule has 4 aromatic carbocycles. The molecule has 1 fully saturated rings. The molecule has 0 saturated carbocycles. The minimum Gasteiger partial charge on any atom is -0.508 e. The zero-order valence-electron chi connectivity index (χ0n) is 34.4. The summed E-state index contributed by atoms with van der Waals surface area (Å²) in [6.07, 6.45) is 5.51. The van der Waals surface area contributed by atoms with Gasteiger partial charge in [-0.25, -0.2) is 0 Å². The molecule has 12 heteroatoms. The molecule has 5 heterocycles. The van der Waals surface area contributed by atoms with Crippen LogP contribution in [0, 0.1) is 0 Å². The maximum Gasteiger partial charge on any atom is 0.264 e. The first-order chi connectivity index (χ1) is 28.1. The van der Waals surface area contributed by atoms with E-state index in [4.69, 9.17) is 11.6 Å². The molecule has 0 spiro atoms. The fourth-order valence-electron chi connectivity index (χ4n) is 9.33. The van der Waals surface area contributed by atoms with Crippen LogP contribution in [0.3, 0.4) is 0 Å². The molecule has 3 aliphatic rings. The summed E-state index contributed by atoms with van der Waals surface area (Å²) < 4.78 is 4.49. The number of phenols is 1. The summed E-state index contributed by atoms with van der Waals surface area (Å²) in [6.45, 7) is 10.3. The molecule has 3 aliphatic heterocycles. The second-order valence-corrected chi connectivity index (χ2v) is 16.9. The molecule has 0 unspecified atom stereocenters. The van der Waals surface area contributed by atoms with Crippen LogP contribution in [0.2, 0.25) is 5.02 Å². The molecular formula is C48H53Cl3N6O3.